The van der Waals surface area contributed by atoms with Crippen molar-refractivity contribution in [1.82, 2.24) is 10.2 Å². The van der Waals surface area contributed by atoms with Gasteiger partial charge in [0, 0.05) is 17.7 Å². The molecule has 2 heteroatoms. The normalized spacial score (nSPS) is 10.8. The molecule has 2 nitrogen and oxygen atoms in total. The lowest BCUT2D eigenvalue weighted by Gasteiger charge is -2.18. The Morgan fingerprint density at radius 1 is 0.559 bits per heavy atom. The fraction of sp³-hybridized carbons (Fsp3) is 0.0938. The molecule has 0 aliphatic heterocycles. The van der Waals surface area contributed by atoms with Crippen molar-refractivity contribution in [1.29, 1.82) is 0 Å². The van der Waals surface area contributed by atoms with Gasteiger partial charge in [0.1, 0.15) is 0 Å². The second kappa shape index (κ2) is 9.76. The third-order valence-corrected chi connectivity index (χ3v) is 6.34. The van der Waals surface area contributed by atoms with Crippen molar-refractivity contribution in [2.24, 2.45) is 0 Å². The number of hydrogen-bond donors (Lipinski definition) is 1. The molecular weight excluding hydrogens is 412 g/mol. The van der Waals surface area contributed by atoms with Gasteiger partial charge in [0.05, 0.1) is 5.69 Å². The van der Waals surface area contributed by atoms with E-state index in [-0.39, 0.29) is 0 Å². The van der Waals surface area contributed by atoms with Gasteiger partial charge in [-0.3, -0.25) is 5.10 Å². The van der Waals surface area contributed by atoms with Gasteiger partial charge in [0.15, 0.2) is 0 Å². The molecule has 34 heavy (non-hydrogen) atoms. The average molecular weight is 441 g/mol. The first-order chi connectivity index (χ1) is 16.7. The molecular formula is C32H28N2. The van der Waals surface area contributed by atoms with E-state index >= 15 is 0 Å². The largest absolute Gasteiger partial charge is 0.282 e. The lowest BCUT2D eigenvalue weighted by Crippen LogP contribution is -1.98. The summed E-state index contributed by atoms with van der Waals surface area (Å²) in [4.78, 5) is 0. The predicted molar refractivity (Wildman–Crippen MR) is 142 cm³/mol. The molecule has 0 atom stereocenters. The predicted octanol–water partition coefficient (Wildman–Crippen LogP) is 7.62. The van der Waals surface area contributed by atoms with E-state index in [1.165, 1.54) is 44.5 Å². The number of benzene rings is 4. The van der Waals surface area contributed by atoms with E-state index in [1.807, 2.05) is 0 Å². The molecule has 0 saturated carbocycles. The second-order valence-corrected chi connectivity index (χ2v) is 8.63. The van der Waals surface area contributed by atoms with Crippen molar-refractivity contribution in [3.8, 4) is 0 Å². The highest BCUT2D eigenvalue weighted by atomic mass is 15.1. The number of aromatic nitrogens is 2. The van der Waals surface area contributed by atoms with E-state index in [1.54, 1.807) is 0 Å². The van der Waals surface area contributed by atoms with Gasteiger partial charge in [-0.15, -0.1) is 0 Å². The fourth-order valence-corrected chi connectivity index (χ4v) is 4.55. The van der Waals surface area contributed by atoms with Crippen LogP contribution in [0.3, 0.4) is 0 Å². The highest BCUT2D eigenvalue weighted by molar-refractivity contribution is 6.04. The highest BCUT2D eigenvalue weighted by Crippen LogP contribution is 2.36. The molecule has 1 heterocycles. The lowest BCUT2D eigenvalue weighted by atomic mass is 9.85. The molecule has 0 amide bonds. The van der Waals surface area contributed by atoms with Crippen LogP contribution in [-0.2, 0) is 6.42 Å². The number of aromatic amines is 1. The highest BCUT2D eigenvalue weighted by Gasteiger charge is 2.16. The molecule has 0 bridgehead atoms. The van der Waals surface area contributed by atoms with Crippen LogP contribution in [0.2, 0.25) is 0 Å². The van der Waals surface area contributed by atoms with Crippen molar-refractivity contribution in [2.75, 3.05) is 0 Å². The van der Waals surface area contributed by atoms with Crippen LogP contribution in [0.25, 0.3) is 11.1 Å². The van der Waals surface area contributed by atoms with Crippen molar-refractivity contribution >= 4 is 11.1 Å². The zero-order valence-corrected chi connectivity index (χ0v) is 19.6. The molecule has 1 aromatic heterocycles. The van der Waals surface area contributed by atoms with Gasteiger partial charge in [-0.05, 0) is 52.8 Å². The Morgan fingerprint density at radius 2 is 0.971 bits per heavy atom. The summed E-state index contributed by atoms with van der Waals surface area (Å²) in [7, 11) is 0. The monoisotopic (exact) mass is 440 g/mol. The zero-order chi connectivity index (χ0) is 23.3. The Labute approximate surface area is 201 Å². The number of rotatable bonds is 6. The Kier molecular flexibility index (Phi) is 6.22. The molecule has 0 fully saturated rings. The summed E-state index contributed by atoms with van der Waals surface area (Å²) in [6.07, 6.45) is 0.878. The third kappa shape index (κ3) is 4.49. The molecule has 4 aromatic carbocycles. The van der Waals surface area contributed by atoms with Gasteiger partial charge in [-0.2, -0.15) is 5.10 Å². The maximum Gasteiger partial charge on any atom is 0.0629 e. The summed E-state index contributed by atoms with van der Waals surface area (Å²) >= 11 is 0. The van der Waals surface area contributed by atoms with Gasteiger partial charge in [0.25, 0.3) is 0 Å². The molecule has 5 rings (SSSR count). The number of aryl methyl sites for hydroxylation is 2. The zero-order valence-electron chi connectivity index (χ0n) is 19.6. The molecule has 0 spiro atoms. The minimum absolute atomic E-state index is 0.878. The van der Waals surface area contributed by atoms with E-state index in [9.17, 15) is 0 Å². The number of nitrogens with one attached hydrogen (secondary N) is 1. The maximum absolute atomic E-state index is 4.36. The first kappa shape index (κ1) is 21.7. The van der Waals surface area contributed by atoms with Gasteiger partial charge >= 0.3 is 0 Å². The molecule has 0 radical (unpaired) electrons. The van der Waals surface area contributed by atoms with Crippen molar-refractivity contribution in [3.63, 3.8) is 0 Å². The van der Waals surface area contributed by atoms with Gasteiger partial charge in [-0.25, -0.2) is 0 Å². The van der Waals surface area contributed by atoms with E-state index in [4.69, 9.17) is 0 Å². The van der Waals surface area contributed by atoms with Crippen LogP contribution in [0.5, 0.6) is 0 Å². The van der Waals surface area contributed by atoms with E-state index in [0.717, 1.165) is 17.8 Å². The molecule has 5 aromatic rings. The molecule has 0 unspecified atom stereocenters. The summed E-state index contributed by atoms with van der Waals surface area (Å²) in [5.41, 5.74) is 12.1. The summed E-state index contributed by atoms with van der Waals surface area (Å²) in [5.74, 6) is 0. The second-order valence-electron chi connectivity index (χ2n) is 8.63. The minimum Gasteiger partial charge on any atom is -0.282 e. The third-order valence-electron chi connectivity index (χ3n) is 6.34. The first-order valence-corrected chi connectivity index (χ1v) is 11.7. The number of nitrogens with zero attached hydrogens (tertiary/aromatic N) is 1. The summed E-state index contributed by atoms with van der Waals surface area (Å²) in [6.45, 7) is 4.15. The van der Waals surface area contributed by atoms with Crippen LogP contribution < -0.4 is 0 Å². The van der Waals surface area contributed by atoms with Crippen LogP contribution in [0, 0.1) is 13.8 Å². The Balaban J connectivity index is 1.68. The standard InChI is InChI=1S/C32H28N2/c1-23-30(24(2)34-33-23)22-25-18-20-29(21-19-25)32(28-16-10-5-11-17-28)31(26-12-6-3-7-13-26)27-14-8-4-9-15-27/h3-21H,22H2,1-2H3,(H,33,34). The summed E-state index contributed by atoms with van der Waals surface area (Å²) in [5, 5.41) is 7.46. The quantitative estimate of drug-likeness (QED) is 0.270. The molecule has 166 valence electrons. The smallest absolute Gasteiger partial charge is 0.0629 e. The molecule has 0 saturated heterocycles. The Hall–Kier alpha value is -4.17. The number of hydrogen-bond acceptors (Lipinski definition) is 1. The minimum atomic E-state index is 0.878. The van der Waals surface area contributed by atoms with Crippen LogP contribution in [0.4, 0.5) is 0 Å². The molecule has 1 N–H and O–H groups in total. The summed E-state index contributed by atoms with van der Waals surface area (Å²) in [6, 6.07) is 41.1. The molecule has 0 aliphatic rings. The molecule has 0 aliphatic carbocycles. The van der Waals surface area contributed by atoms with Crippen molar-refractivity contribution in [3.05, 3.63) is 160 Å². The van der Waals surface area contributed by atoms with Crippen molar-refractivity contribution in [2.45, 2.75) is 20.3 Å². The lowest BCUT2D eigenvalue weighted by molar-refractivity contribution is 1.02. The van der Waals surface area contributed by atoms with Crippen LogP contribution >= 0.6 is 0 Å². The van der Waals surface area contributed by atoms with Crippen LogP contribution in [-0.4, -0.2) is 10.2 Å². The average Bonchev–Trinajstić information content (AvgIpc) is 3.21. The van der Waals surface area contributed by atoms with E-state index in [0.29, 0.717) is 0 Å². The van der Waals surface area contributed by atoms with Gasteiger partial charge < -0.3 is 0 Å². The Bertz CT molecular complexity index is 1330. The van der Waals surface area contributed by atoms with Crippen LogP contribution in [0.1, 0.15) is 44.8 Å². The number of H-pyrrole nitrogens is 1. The maximum atomic E-state index is 4.36. The van der Waals surface area contributed by atoms with Gasteiger partial charge in [0.2, 0.25) is 0 Å². The first-order valence-electron chi connectivity index (χ1n) is 11.7. The fourth-order valence-electron chi connectivity index (χ4n) is 4.55. The van der Waals surface area contributed by atoms with Crippen molar-refractivity contribution < 1.29 is 0 Å². The van der Waals surface area contributed by atoms with E-state index < -0.39 is 0 Å². The van der Waals surface area contributed by atoms with Gasteiger partial charge in [-0.1, -0.05) is 115 Å². The SMILES string of the molecule is Cc1n[nH]c(C)c1Cc1ccc(C(=C(c2ccccc2)c2ccccc2)c2ccccc2)cc1. The summed E-state index contributed by atoms with van der Waals surface area (Å²) < 4.78 is 0. The Morgan fingerprint density at radius 3 is 1.35 bits per heavy atom. The van der Waals surface area contributed by atoms with Crippen LogP contribution in [0.15, 0.2) is 115 Å². The van der Waals surface area contributed by atoms with E-state index in [2.05, 4.69) is 139 Å². The topological polar surface area (TPSA) is 28.7 Å².